The average Bonchev–Trinajstić information content (AvgIpc) is 3.02. The summed E-state index contributed by atoms with van der Waals surface area (Å²) in [5.41, 5.74) is 2.37. The largest absolute Gasteiger partial charge is 0.330 e. The molecule has 1 aromatic carbocycles. The number of halogens is 1. The van der Waals surface area contributed by atoms with Crippen LogP contribution in [-0.4, -0.2) is 22.6 Å². The van der Waals surface area contributed by atoms with Crippen LogP contribution in [0.1, 0.15) is 23.6 Å². The van der Waals surface area contributed by atoms with Gasteiger partial charge in [0.2, 0.25) is 0 Å². The summed E-state index contributed by atoms with van der Waals surface area (Å²) in [5.74, 6) is 0.359. The van der Waals surface area contributed by atoms with Gasteiger partial charge in [0.25, 0.3) is 0 Å². The Balaban J connectivity index is 1.80. The zero-order valence-electron chi connectivity index (χ0n) is 10.1. The maximum Gasteiger partial charge on any atom is 0.123 e. The molecule has 0 radical (unpaired) electrons. The Morgan fingerprint density at radius 1 is 1.33 bits per heavy atom. The molecule has 94 valence electrons. The van der Waals surface area contributed by atoms with Crippen molar-refractivity contribution in [1.82, 2.24) is 14.9 Å². The molecule has 1 fully saturated rings. The maximum atomic E-state index is 12.9. The number of hydrogen-bond donors (Lipinski definition) is 1. The average molecular weight is 245 g/mol. The molecule has 0 saturated carbocycles. The summed E-state index contributed by atoms with van der Waals surface area (Å²) in [6.45, 7) is 2.85. The van der Waals surface area contributed by atoms with Crippen molar-refractivity contribution in [2.75, 3.05) is 13.1 Å². The topological polar surface area (TPSA) is 29.9 Å². The van der Waals surface area contributed by atoms with Gasteiger partial charge in [0.15, 0.2) is 0 Å². The van der Waals surface area contributed by atoms with Gasteiger partial charge in [-0.15, -0.1) is 0 Å². The number of imidazole rings is 1. The lowest BCUT2D eigenvalue weighted by Crippen LogP contribution is -2.12. The molecule has 1 aliphatic heterocycles. The van der Waals surface area contributed by atoms with Gasteiger partial charge in [-0.1, -0.05) is 12.1 Å². The van der Waals surface area contributed by atoms with Gasteiger partial charge in [-0.05, 0) is 30.7 Å². The fourth-order valence-electron chi connectivity index (χ4n) is 2.50. The van der Waals surface area contributed by atoms with E-state index in [9.17, 15) is 4.39 Å². The molecular formula is C14H16FN3. The quantitative estimate of drug-likeness (QED) is 0.898. The number of aromatic nitrogens is 2. The van der Waals surface area contributed by atoms with Crippen LogP contribution >= 0.6 is 0 Å². The van der Waals surface area contributed by atoms with Gasteiger partial charge in [-0.25, -0.2) is 9.37 Å². The third-order valence-electron chi connectivity index (χ3n) is 3.49. The Bertz CT molecular complexity index is 512. The molecule has 2 heterocycles. The third kappa shape index (κ3) is 2.29. The summed E-state index contributed by atoms with van der Waals surface area (Å²) in [7, 11) is 0. The lowest BCUT2D eigenvalue weighted by molar-refractivity contribution is 0.624. The molecule has 0 amide bonds. The van der Waals surface area contributed by atoms with Crippen LogP contribution in [0.2, 0.25) is 0 Å². The Morgan fingerprint density at radius 2 is 2.17 bits per heavy atom. The lowest BCUT2D eigenvalue weighted by atomic mass is 10.1. The second-order valence-corrected chi connectivity index (χ2v) is 4.76. The first-order valence-electron chi connectivity index (χ1n) is 6.28. The van der Waals surface area contributed by atoms with E-state index in [0.29, 0.717) is 5.92 Å². The lowest BCUT2D eigenvalue weighted by Gasteiger charge is -2.12. The van der Waals surface area contributed by atoms with Crippen LogP contribution in [-0.2, 0) is 6.54 Å². The summed E-state index contributed by atoms with van der Waals surface area (Å²) in [6, 6.07) is 6.66. The van der Waals surface area contributed by atoms with E-state index >= 15 is 0 Å². The number of nitrogens with one attached hydrogen (secondary N) is 1. The number of nitrogens with zero attached hydrogens (tertiary/aromatic N) is 2. The van der Waals surface area contributed by atoms with Gasteiger partial charge >= 0.3 is 0 Å². The predicted octanol–water partition coefficient (Wildman–Crippen LogP) is 2.15. The molecule has 0 spiro atoms. The van der Waals surface area contributed by atoms with Gasteiger partial charge in [0, 0.05) is 30.9 Å². The van der Waals surface area contributed by atoms with E-state index in [1.54, 1.807) is 0 Å². The van der Waals surface area contributed by atoms with Crippen molar-refractivity contribution in [3.63, 3.8) is 0 Å². The minimum Gasteiger partial charge on any atom is -0.330 e. The van der Waals surface area contributed by atoms with Crippen molar-refractivity contribution in [3.05, 3.63) is 53.9 Å². The zero-order chi connectivity index (χ0) is 12.4. The third-order valence-corrected chi connectivity index (χ3v) is 3.49. The second-order valence-electron chi connectivity index (χ2n) is 4.76. The first kappa shape index (κ1) is 11.4. The fraction of sp³-hybridized carbons (Fsp3) is 0.357. The van der Waals surface area contributed by atoms with Crippen molar-refractivity contribution in [2.45, 2.75) is 18.9 Å². The highest BCUT2D eigenvalue weighted by molar-refractivity contribution is 5.18. The monoisotopic (exact) mass is 245 g/mol. The molecule has 0 bridgehead atoms. The predicted molar refractivity (Wildman–Crippen MR) is 68.0 cm³/mol. The molecule has 1 atom stereocenters. The normalized spacial score (nSPS) is 19.3. The smallest absolute Gasteiger partial charge is 0.123 e. The summed E-state index contributed by atoms with van der Waals surface area (Å²) < 4.78 is 15.0. The van der Waals surface area contributed by atoms with Gasteiger partial charge in [-0.2, -0.15) is 0 Å². The zero-order valence-corrected chi connectivity index (χ0v) is 10.1. The Labute approximate surface area is 106 Å². The van der Waals surface area contributed by atoms with Gasteiger partial charge < -0.3 is 9.88 Å². The van der Waals surface area contributed by atoms with E-state index in [4.69, 9.17) is 0 Å². The van der Waals surface area contributed by atoms with E-state index in [1.807, 2.05) is 24.7 Å². The Kier molecular flexibility index (Phi) is 3.11. The number of hydrogen-bond acceptors (Lipinski definition) is 2. The van der Waals surface area contributed by atoms with Gasteiger partial charge in [0.05, 0.1) is 6.33 Å². The molecule has 2 aromatic rings. The standard InChI is InChI=1S/C14H16FN3/c15-13-3-1-11(2-4-13)9-18-10-17-8-14(18)12-5-6-16-7-12/h1-4,8,10,12,16H,5-7,9H2. The highest BCUT2D eigenvalue weighted by atomic mass is 19.1. The van der Waals surface area contributed by atoms with Crippen molar-refractivity contribution in [1.29, 1.82) is 0 Å². The molecule has 0 aliphatic carbocycles. The van der Waals surface area contributed by atoms with Crippen LogP contribution in [0.4, 0.5) is 4.39 Å². The van der Waals surface area contributed by atoms with E-state index in [0.717, 1.165) is 31.6 Å². The maximum absolute atomic E-state index is 12.9. The molecule has 4 heteroatoms. The fourth-order valence-corrected chi connectivity index (χ4v) is 2.50. The van der Waals surface area contributed by atoms with Gasteiger partial charge in [-0.3, -0.25) is 0 Å². The number of rotatable bonds is 3. The summed E-state index contributed by atoms with van der Waals surface area (Å²) in [4.78, 5) is 4.24. The molecule has 3 nitrogen and oxygen atoms in total. The summed E-state index contributed by atoms with van der Waals surface area (Å²) >= 11 is 0. The van der Waals surface area contributed by atoms with Crippen LogP contribution in [0.3, 0.4) is 0 Å². The highest BCUT2D eigenvalue weighted by Gasteiger charge is 2.19. The van der Waals surface area contributed by atoms with Crippen LogP contribution in [0.25, 0.3) is 0 Å². The number of benzene rings is 1. The Morgan fingerprint density at radius 3 is 2.89 bits per heavy atom. The summed E-state index contributed by atoms with van der Waals surface area (Å²) in [6.07, 6.45) is 4.97. The molecule has 1 aliphatic rings. The van der Waals surface area contributed by atoms with E-state index in [2.05, 4.69) is 14.9 Å². The molecule has 1 aromatic heterocycles. The molecular weight excluding hydrogens is 229 g/mol. The van der Waals surface area contributed by atoms with Crippen LogP contribution in [0, 0.1) is 5.82 Å². The second kappa shape index (κ2) is 4.90. The highest BCUT2D eigenvalue weighted by Crippen LogP contribution is 2.22. The SMILES string of the molecule is Fc1ccc(Cn2cncc2C2CCNC2)cc1. The Hall–Kier alpha value is -1.68. The molecule has 1 N–H and O–H groups in total. The van der Waals surface area contributed by atoms with E-state index < -0.39 is 0 Å². The van der Waals surface area contributed by atoms with Crippen LogP contribution in [0.15, 0.2) is 36.8 Å². The molecule has 1 saturated heterocycles. The first-order chi connectivity index (χ1) is 8.83. The van der Waals surface area contributed by atoms with E-state index in [-0.39, 0.29) is 5.82 Å². The van der Waals surface area contributed by atoms with Crippen molar-refractivity contribution < 1.29 is 4.39 Å². The first-order valence-corrected chi connectivity index (χ1v) is 6.28. The summed E-state index contributed by atoms with van der Waals surface area (Å²) in [5, 5.41) is 3.37. The minimum absolute atomic E-state index is 0.190. The molecule has 1 unspecified atom stereocenters. The van der Waals surface area contributed by atoms with Gasteiger partial charge in [0.1, 0.15) is 5.82 Å². The van der Waals surface area contributed by atoms with Crippen LogP contribution < -0.4 is 5.32 Å². The van der Waals surface area contributed by atoms with Crippen molar-refractivity contribution in [2.24, 2.45) is 0 Å². The molecule has 3 rings (SSSR count). The minimum atomic E-state index is -0.190. The van der Waals surface area contributed by atoms with Crippen molar-refractivity contribution >= 4 is 0 Å². The molecule has 18 heavy (non-hydrogen) atoms. The van der Waals surface area contributed by atoms with Crippen molar-refractivity contribution in [3.8, 4) is 0 Å². The van der Waals surface area contributed by atoms with E-state index in [1.165, 1.54) is 17.8 Å². The van der Waals surface area contributed by atoms with Crippen LogP contribution in [0.5, 0.6) is 0 Å².